The Hall–Kier alpha value is -1.46. The summed E-state index contributed by atoms with van der Waals surface area (Å²) in [5.41, 5.74) is 2.44. The van der Waals surface area contributed by atoms with E-state index in [0.717, 1.165) is 5.19 Å². The van der Waals surface area contributed by atoms with Crippen LogP contribution in [0.2, 0.25) is 0 Å². The molecule has 0 N–H and O–H groups in total. The van der Waals surface area contributed by atoms with Crippen LogP contribution in [0.4, 0.5) is 0 Å². The van der Waals surface area contributed by atoms with Crippen LogP contribution < -0.4 is 5.19 Å². The van der Waals surface area contributed by atoms with Gasteiger partial charge < -0.3 is 13.3 Å². The summed E-state index contributed by atoms with van der Waals surface area (Å²) >= 11 is 0. The molecule has 0 saturated carbocycles. The molecule has 2 aromatic rings. The quantitative estimate of drug-likeness (QED) is 0.768. The van der Waals surface area contributed by atoms with Crippen LogP contribution >= 0.6 is 0 Å². The molecule has 21 heavy (non-hydrogen) atoms. The summed E-state index contributed by atoms with van der Waals surface area (Å²) in [4.78, 5) is 0. The molecule has 1 atom stereocenters. The summed E-state index contributed by atoms with van der Waals surface area (Å²) in [5.74, 6) is 0.245. The van der Waals surface area contributed by atoms with Gasteiger partial charge in [0.1, 0.15) is 0 Å². The van der Waals surface area contributed by atoms with E-state index >= 15 is 0 Å². The fraction of sp³-hybridized carbons (Fsp3) is 0.294. The van der Waals surface area contributed by atoms with Gasteiger partial charge in [-0.1, -0.05) is 61.5 Å². The minimum absolute atomic E-state index is 0.245. The Labute approximate surface area is 127 Å². The maximum atomic E-state index is 5.64. The van der Waals surface area contributed by atoms with Gasteiger partial charge in [0.15, 0.2) is 0 Å². The monoisotopic (exact) mass is 302 g/mol. The van der Waals surface area contributed by atoms with Crippen LogP contribution in [0.25, 0.3) is 0 Å². The molecule has 0 spiro atoms. The van der Waals surface area contributed by atoms with E-state index in [1.54, 1.807) is 21.3 Å². The van der Waals surface area contributed by atoms with Gasteiger partial charge in [0.2, 0.25) is 0 Å². The summed E-state index contributed by atoms with van der Waals surface area (Å²) in [6, 6.07) is 18.6. The molecule has 0 amide bonds. The van der Waals surface area contributed by atoms with E-state index in [4.69, 9.17) is 13.3 Å². The maximum absolute atomic E-state index is 5.64. The van der Waals surface area contributed by atoms with Gasteiger partial charge in [0, 0.05) is 32.4 Å². The standard InChI is InChI=1S/C17H22O3Si/c1-14(15-10-6-5-7-11-15)16-12-8-9-13-17(16)21(18-2,19-3)20-4/h5-14H,1-4H3. The zero-order valence-corrected chi connectivity index (χ0v) is 14.0. The molecule has 0 saturated heterocycles. The summed E-state index contributed by atoms with van der Waals surface area (Å²) in [5, 5.41) is 1.02. The van der Waals surface area contributed by atoms with Crippen LogP contribution in [0.5, 0.6) is 0 Å². The highest BCUT2D eigenvalue weighted by Gasteiger charge is 2.43. The van der Waals surface area contributed by atoms with Gasteiger partial charge in [-0.2, -0.15) is 0 Å². The first-order valence-electron chi connectivity index (χ1n) is 6.98. The molecular formula is C17H22O3Si. The van der Waals surface area contributed by atoms with Crippen molar-refractivity contribution in [1.82, 2.24) is 0 Å². The summed E-state index contributed by atoms with van der Waals surface area (Å²) in [7, 11) is 2.09. The molecule has 0 radical (unpaired) electrons. The Bertz CT molecular complexity index is 559. The first kappa shape index (κ1) is 15.9. The Morgan fingerprint density at radius 3 is 1.86 bits per heavy atom. The van der Waals surface area contributed by atoms with Gasteiger partial charge in [-0.3, -0.25) is 0 Å². The molecule has 0 fully saturated rings. The van der Waals surface area contributed by atoms with Crippen molar-refractivity contribution in [3.63, 3.8) is 0 Å². The minimum Gasteiger partial charge on any atom is -0.373 e. The molecule has 0 heterocycles. The lowest BCUT2D eigenvalue weighted by Crippen LogP contribution is -2.56. The van der Waals surface area contributed by atoms with E-state index < -0.39 is 8.80 Å². The largest absolute Gasteiger partial charge is 0.536 e. The fourth-order valence-corrected chi connectivity index (χ4v) is 4.77. The zero-order valence-electron chi connectivity index (χ0n) is 13.0. The molecule has 112 valence electrons. The number of hydrogen-bond donors (Lipinski definition) is 0. The predicted molar refractivity (Wildman–Crippen MR) is 86.8 cm³/mol. The second-order valence-electron chi connectivity index (χ2n) is 4.89. The first-order chi connectivity index (χ1) is 10.2. The van der Waals surface area contributed by atoms with Crippen molar-refractivity contribution in [3.05, 3.63) is 65.7 Å². The topological polar surface area (TPSA) is 27.7 Å². The van der Waals surface area contributed by atoms with Crippen LogP contribution in [0.1, 0.15) is 24.0 Å². The smallest absolute Gasteiger partial charge is 0.373 e. The lowest BCUT2D eigenvalue weighted by atomic mass is 9.93. The normalized spacial score (nSPS) is 13.1. The van der Waals surface area contributed by atoms with Crippen molar-refractivity contribution in [2.24, 2.45) is 0 Å². The second kappa shape index (κ2) is 7.00. The van der Waals surface area contributed by atoms with Gasteiger partial charge >= 0.3 is 8.80 Å². The SMILES string of the molecule is CO[Si](OC)(OC)c1ccccc1C(C)c1ccccc1. The Balaban J connectivity index is 2.51. The first-order valence-corrected chi connectivity index (χ1v) is 8.70. The Kier molecular flexibility index (Phi) is 5.31. The lowest BCUT2D eigenvalue weighted by molar-refractivity contribution is 0.140. The van der Waals surface area contributed by atoms with Gasteiger partial charge in [0.25, 0.3) is 0 Å². The Morgan fingerprint density at radius 2 is 1.29 bits per heavy atom. The molecule has 4 heteroatoms. The molecule has 0 aliphatic heterocycles. The van der Waals surface area contributed by atoms with Crippen LogP contribution in [0, 0.1) is 0 Å². The molecule has 0 aliphatic carbocycles. The van der Waals surface area contributed by atoms with Crippen molar-refractivity contribution in [2.75, 3.05) is 21.3 Å². The highest BCUT2D eigenvalue weighted by molar-refractivity contribution is 6.75. The third-order valence-electron chi connectivity index (χ3n) is 3.86. The van der Waals surface area contributed by atoms with E-state index in [9.17, 15) is 0 Å². The minimum atomic E-state index is -2.83. The van der Waals surface area contributed by atoms with Gasteiger partial charge in [-0.15, -0.1) is 0 Å². The Morgan fingerprint density at radius 1 is 0.762 bits per heavy atom. The average Bonchev–Trinajstić information content (AvgIpc) is 2.57. The molecule has 0 aromatic heterocycles. The maximum Gasteiger partial charge on any atom is 0.536 e. The van der Waals surface area contributed by atoms with Crippen molar-refractivity contribution in [1.29, 1.82) is 0 Å². The highest BCUT2D eigenvalue weighted by Crippen LogP contribution is 2.24. The molecular weight excluding hydrogens is 280 g/mol. The number of benzene rings is 2. The van der Waals surface area contributed by atoms with Crippen molar-refractivity contribution < 1.29 is 13.3 Å². The summed E-state index contributed by atoms with van der Waals surface area (Å²) in [6.07, 6.45) is 0. The fourth-order valence-electron chi connectivity index (χ4n) is 2.65. The van der Waals surface area contributed by atoms with Crippen LogP contribution in [0.15, 0.2) is 54.6 Å². The molecule has 0 aliphatic rings. The molecule has 2 rings (SSSR count). The van der Waals surface area contributed by atoms with Gasteiger partial charge in [-0.05, 0) is 11.1 Å². The summed E-state index contributed by atoms with van der Waals surface area (Å²) in [6.45, 7) is 2.19. The number of hydrogen-bond acceptors (Lipinski definition) is 3. The van der Waals surface area contributed by atoms with Crippen LogP contribution in [-0.2, 0) is 13.3 Å². The van der Waals surface area contributed by atoms with Crippen LogP contribution in [0.3, 0.4) is 0 Å². The highest BCUT2D eigenvalue weighted by atomic mass is 28.4. The molecule has 1 unspecified atom stereocenters. The molecule has 0 bridgehead atoms. The molecule has 2 aromatic carbocycles. The third-order valence-corrected chi connectivity index (χ3v) is 6.59. The second-order valence-corrected chi connectivity index (χ2v) is 7.76. The van der Waals surface area contributed by atoms with E-state index in [0.29, 0.717) is 0 Å². The van der Waals surface area contributed by atoms with Crippen LogP contribution in [-0.4, -0.2) is 30.1 Å². The third kappa shape index (κ3) is 3.08. The van der Waals surface area contributed by atoms with Crippen molar-refractivity contribution in [3.8, 4) is 0 Å². The lowest BCUT2D eigenvalue weighted by Gasteiger charge is -2.28. The molecule has 3 nitrogen and oxygen atoms in total. The van der Waals surface area contributed by atoms with E-state index in [-0.39, 0.29) is 5.92 Å². The van der Waals surface area contributed by atoms with E-state index in [2.05, 4.69) is 37.3 Å². The van der Waals surface area contributed by atoms with Gasteiger partial charge in [-0.25, -0.2) is 0 Å². The van der Waals surface area contributed by atoms with E-state index in [1.807, 2.05) is 24.3 Å². The zero-order chi connectivity index (χ0) is 15.3. The van der Waals surface area contributed by atoms with Gasteiger partial charge in [0.05, 0.1) is 0 Å². The average molecular weight is 302 g/mol. The number of rotatable bonds is 6. The van der Waals surface area contributed by atoms with Crippen molar-refractivity contribution in [2.45, 2.75) is 12.8 Å². The summed E-state index contributed by atoms with van der Waals surface area (Å²) < 4.78 is 16.9. The predicted octanol–water partition coefficient (Wildman–Crippen LogP) is 2.92. The van der Waals surface area contributed by atoms with E-state index in [1.165, 1.54) is 11.1 Å². The van der Waals surface area contributed by atoms with Crippen molar-refractivity contribution >= 4 is 14.0 Å².